The SMILES string of the molecule is COc1ccc(C)cc1N/C=C(/C#N)C(=O)Nc1ccc(O)cc1. The van der Waals surface area contributed by atoms with Crippen molar-refractivity contribution in [1.82, 2.24) is 0 Å². The van der Waals surface area contributed by atoms with Gasteiger partial charge < -0.3 is 20.5 Å². The second-order valence-corrected chi connectivity index (χ2v) is 5.02. The van der Waals surface area contributed by atoms with Crippen LogP contribution in [0.1, 0.15) is 5.56 Å². The first-order valence-electron chi connectivity index (χ1n) is 7.15. The molecule has 2 aromatic carbocycles. The highest BCUT2D eigenvalue weighted by atomic mass is 16.5. The Kier molecular flexibility index (Phi) is 5.42. The van der Waals surface area contributed by atoms with Crippen molar-refractivity contribution in [1.29, 1.82) is 5.26 Å². The number of carbonyl (C=O) groups is 1. The van der Waals surface area contributed by atoms with Gasteiger partial charge in [0.25, 0.3) is 5.91 Å². The third-order valence-electron chi connectivity index (χ3n) is 3.22. The highest BCUT2D eigenvalue weighted by molar-refractivity contribution is 6.06. The van der Waals surface area contributed by atoms with Crippen molar-refractivity contribution in [3.05, 3.63) is 59.8 Å². The summed E-state index contributed by atoms with van der Waals surface area (Å²) >= 11 is 0. The van der Waals surface area contributed by atoms with Gasteiger partial charge in [-0.05, 0) is 48.9 Å². The van der Waals surface area contributed by atoms with E-state index in [0.29, 0.717) is 17.1 Å². The molecule has 6 nitrogen and oxygen atoms in total. The molecule has 0 saturated heterocycles. The zero-order valence-corrected chi connectivity index (χ0v) is 13.3. The second-order valence-electron chi connectivity index (χ2n) is 5.02. The third kappa shape index (κ3) is 4.27. The monoisotopic (exact) mass is 323 g/mol. The summed E-state index contributed by atoms with van der Waals surface area (Å²) in [5.74, 6) is 0.146. The highest BCUT2D eigenvalue weighted by Gasteiger charge is 2.10. The normalized spacial score (nSPS) is 10.6. The maximum atomic E-state index is 12.1. The lowest BCUT2D eigenvalue weighted by molar-refractivity contribution is -0.112. The van der Waals surface area contributed by atoms with E-state index in [1.165, 1.54) is 18.3 Å². The van der Waals surface area contributed by atoms with E-state index in [0.717, 1.165) is 5.56 Å². The molecule has 1 amide bonds. The smallest absolute Gasteiger partial charge is 0.267 e. The number of rotatable bonds is 5. The fraction of sp³-hybridized carbons (Fsp3) is 0.111. The number of nitrogens with zero attached hydrogens (tertiary/aromatic N) is 1. The molecule has 24 heavy (non-hydrogen) atoms. The van der Waals surface area contributed by atoms with Crippen LogP contribution >= 0.6 is 0 Å². The maximum absolute atomic E-state index is 12.1. The van der Waals surface area contributed by atoms with Crippen LogP contribution in [-0.2, 0) is 4.79 Å². The second kappa shape index (κ2) is 7.70. The van der Waals surface area contributed by atoms with Gasteiger partial charge >= 0.3 is 0 Å². The largest absolute Gasteiger partial charge is 0.508 e. The summed E-state index contributed by atoms with van der Waals surface area (Å²) in [6, 6.07) is 13.4. The lowest BCUT2D eigenvalue weighted by Crippen LogP contribution is -2.14. The first-order chi connectivity index (χ1) is 11.5. The van der Waals surface area contributed by atoms with E-state index < -0.39 is 5.91 Å². The number of hydrogen-bond acceptors (Lipinski definition) is 5. The predicted octanol–water partition coefficient (Wildman–Crippen LogP) is 3.17. The number of carbonyl (C=O) groups excluding carboxylic acids is 1. The van der Waals surface area contributed by atoms with Crippen molar-refractivity contribution in [3.8, 4) is 17.6 Å². The number of nitrogens with one attached hydrogen (secondary N) is 2. The number of phenolic OH excluding ortho intramolecular Hbond substituents is 1. The summed E-state index contributed by atoms with van der Waals surface area (Å²) in [4.78, 5) is 12.1. The van der Waals surface area contributed by atoms with Crippen molar-refractivity contribution in [2.45, 2.75) is 6.92 Å². The van der Waals surface area contributed by atoms with E-state index in [2.05, 4.69) is 10.6 Å². The Morgan fingerprint density at radius 1 is 1.25 bits per heavy atom. The first-order valence-corrected chi connectivity index (χ1v) is 7.15. The summed E-state index contributed by atoms with van der Waals surface area (Å²) in [6.45, 7) is 1.93. The summed E-state index contributed by atoms with van der Waals surface area (Å²) in [7, 11) is 1.54. The van der Waals surface area contributed by atoms with Crippen LogP contribution in [0.4, 0.5) is 11.4 Å². The Hall–Kier alpha value is -3.46. The van der Waals surface area contributed by atoms with Gasteiger partial charge in [0.05, 0.1) is 12.8 Å². The van der Waals surface area contributed by atoms with Crippen LogP contribution in [0, 0.1) is 18.3 Å². The molecule has 0 aliphatic rings. The number of ether oxygens (including phenoxy) is 1. The Bertz CT molecular complexity index is 805. The quantitative estimate of drug-likeness (QED) is 0.446. The molecular weight excluding hydrogens is 306 g/mol. The maximum Gasteiger partial charge on any atom is 0.267 e. The zero-order valence-electron chi connectivity index (χ0n) is 13.3. The van der Waals surface area contributed by atoms with Gasteiger partial charge in [-0.15, -0.1) is 0 Å². The molecule has 122 valence electrons. The zero-order chi connectivity index (χ0) is 17.5. The van der Waals surface area contributed by atoms with Crippen molar-refractivity contribution in [2.75, 3.05) is 17.7 Å². The molecule has 0 radical (unpaired) electrons. The number of nitriles is 1. The van der Waals surface area contributed by atoms with Crippen LogP contribution < -0.4 is 15.4 Å². The average Bonchev–Trinajstić information content (AvgIpc) is 2.57. The van der Waals surface area contributed by atoms with E-state index in [1.54, 1.807) is 25.3 Å². The molecule has 0 aliphatic carbocycles. The van der Waals surface area contributed by atoms with Gasteiger partial charge in [0.1, 0.15) is 23.1 Å². The average molecular weight is 323 g/mol. The molecule has 6 heteroatoms. The Morgan fingerprint density at radius 3 is 2.58 bits per heavy atom. The van der Waals surface area contributed by atoms with Crippen LogP contribution in [-0.4, -0.2) is 18.1 Å². The molecule has 0 saturated carbocycles. The molecule has 0 aromatic heterocycles. The fourth-order valence-corrected chi connectivity index (χ4v) is 1.98. The van der Waals surface area contributed by atoms with E-state index in [-0.39, 0.29) is 11.3 Å². The molecule has 2 rings (SSSR count). The predicted molar refractivity (Wildman–Crippen MR) is 91.8 cm³/mol. The molecule has 0 heterocycles. The number of aromatic hydroxyl groups is 1. The molecule has 3 N–H and O–H groups in total. The molecule has 0 unspecified atom stereocenters. The van der Waals surface area contributed by atoms with Gasteiger partial charge in [-0.3, -0.25) is 4.79 Å². The molecule has 0 atom stereocenters. The van der Waals surface area contributed by atoms with Crippen LogP contribution in [0.3, 0.4) is 0 Å². The number of methoxy groups -OCH3 is 1. The van der Waals surface area contributed by atoms with Gasteiger partial charge in [0, 0.05) is 11.9 Å². The minimum absolute atomic E-state index is 0.0911. The number of amides is 1. The minimum Gasteiger partial charge on any atom is -0.508 e. The Morgan fingerprint density at radius 2 is 1.96 bits per heavy atom. The van der Waals surface area contributed by atoms with Gasteiger partial charge in [0.15, 0.2) is 0 Å². The summed E-state index contributed by atoms with van der Waals surface area (Å²) in [6.07, 6.45) is 1.33. The van der Waals surface area contributed by atoms with Crippen molar-refractivity contribution in [2.24, 2.45) is 0 Å². The van der Waals surface area contributed by atoms with Crippen molar-refractivity contribution < 1.29 is 14.6 Å². The summed E-state index contributed by atoms with van der Waals surface area (Å²) in [5, 5.41) is 23.9. The molecule has 0 spiro atoms. The minimum atomic E-state index is -0.553. The molecule has 0 fully saturated rings. The number of benzene rings is 2. The van der Waals surface area contributed by atoms with E-state index in [1.807, 2.05) is 25.1 Å². The number of anilines is 2. The van der Waals surface area contributed by atoms with Crippen molar-refractivity contribution >= 4 is 17.3 Å². The Balaban J connectivity index is 2.14. The lowest BCUT2D eigenvalue weighted by atomic mass is 10.2. The highest BCUT2D eigenvalue weighted by Crippen LogP contribution is 2.25. The standard InChI is InChI=1S/C18H17N3O3/c1-12-3-8-17(24-2)16(9-12)20-11-13(10-19)18(23)21-14-4-6-15(22)7-5-14/h3-9,11,20,22H,1-2H3,(H,21,23)/b13-11-. The van der Waals surface area contributed by atoms with E-state index >= 15 is 0 Å². The number of hydrogen-bond donors (Lipinski definition) is 3. The molecule has 2 aromatic rings. The van der Waals surface area contributed by atoms with Crippen LogP contribution in [0.2, 0.25) is 0 Å². The number of aryl methyl sites for hydroxylation is 1. The van der Waals surface area contributed by atoms with E-state index in [9.17, 15) is 15.2 Å². The Labute approximate surface area is 140 Å². The first kappa shape index (κ1) is 16.9. The topological polar surface area (TPSA) is 94.4 Å². The summed E-state index contributed by atoms with van der Waals surface area (Å²) < 4.78 is 5.23. The van der Waals surface area contributed by atoms with Crippen molar-refractivity contribution in [3.63, 3.8) is 0 Å². The van der Waals surface area contributed by atoms with Gasteiger partial charge in [-0.1, -0.05) is 6.07 Å². The molecular formula is C18H17N3O3. The van der Waals surface area contributed by atoms with E-state index in [4.69, 9.17) is 4.74 Å². The fourth-order valence-electron chi connectivity index (χ4n) is 1.98. The molecule has 0 aliphatic heterocycles. The summed E-state index contributed by atoms with van der Waals surface area (Å²) in [5.41, 5.74) is 2.06. The molecule has 0 bridgehead atoms. The van der Waals surface area contributed by atoms with Crippen LogP contribution in [0.25, 0.3) is 0 Å². The van der Waals surface area contributed by atoms with Gasteiger partial charge in [-0.25, -0.2) is 0 Å². The van der Waals surface area contributed by atoms with Crippen LogP contribution in [0.5, 0.6) is 11.5 Å². The lowest BCUT2D eigenvalue weighted by Gasteiger charge is -2.10. The third-order valence-corrected chi connectivity index (χ3v) is 3.22. The van der Waals surface area contributed by atoms with Crippen LogP contribution in [0.15, 0.2) is 54.2 Å². The van der Waals surface area contributed by atoms with Gasteiger partial charge in [0.2, 0.25) is 0 Å². The number of phenols is 1. The van der Waals surface area contributed by atoms with Gasteiger partial charge in [-0.2, -0.15) is 5.26 Å².